The lowest BCUT2D eigenvalue weighted by atomic mass is 9.43. The first-order valence-corrected chi connectivity index (χ1v) is 14.0. The van der Waals surface area contributed by atoms with Crippen molar-refractivity contribution in [3.63, 3.8) is 0 Å². The molecule has 35 heavy (non-hydrogen) atoms. The van der Waals surface area contributed by atoms with Gasteiger partial charge in [0.15, 0.2) is 5.60 Å². The molecule has 2 N–H and O–H groups in total. The van der Waals surface area contributed by atoms with Crippen LogP contribution in [0.3, 0.4) is 0 Å². The summed E-state index contributed by atoms with van der Waals surface area (Å²) in [6, 6.07) is 0. The number of carbonyl (C=O) groups is 1. The Morgan fingerprint density at radius 2 is 1.71 bits per heavy atom. The molecule has 1 amide bonds. The molecule has 202 valence electrons. The second kappa shape index (κ2) is 9.40. The molecule has 0 aromatic carbocycles. The predicted molar refractivity (Wildman–Crippen MR) is 130 cm³/mol. The normalized spacial score (nSPS) is 45.0. The van der Waals surface area contributed by atoms with E-state index in [-0.39, 0.29) is 47.7 Å². The molecule has 4 fully saturated rings. The van der Waals surface area contributed by atoms with Crippen molar-refractivity contribution < 1.29 is 27.8 Å². The third kappa shape index (κ3) is 4.50. The number of aliphatic hydroxyl groups is 1. The highest BCUT2D eigenvalue weighted by Gasteiger charge is 2.65. The third-order valence-electron chi connectivity index (χ3n) is 11.5. The van der Waals surface area contributed by atoms with Crippen molar-refractivity contribution in [1.82, 2.24) is 5.32 Å². The van der Waals surface area contributed by atoms with E-state index < -0.39 is 11.8 Å². The Bertz CT molecular complexity index is 790. The second-order valence-corrected chi connectivity index (χ2v) is 13.0. The van der Waals surface area contributed by atoms with Crippen LogP contribution >= 0.6 is 0 Å². The van der Waals surface area contributed by atoms with Crippen molar-refractivity contribution >= 4 is 6.09 Å². The zero-order valence-electron chi connectivity index (χ0n) is 22.2. The highest BCUT2D eigenvalue weighted by atomic mass is 19.4. The summed E-state index contributed by atoms with van der Waals surface area (Å²) >= 11 is 0. The minimum absolute atomic E-state index is 0.0559. The Balaban J connectivity index is 1.46. The fourth-order valence-electron chi connectivity index (χ4n) is 9.28. The number of ether oxygens (including phenoxy) is 1. The lowest BCUT2D eigenvalue weighted by Gasteiger charge is -2.62. The summed E-state index contributed by atoms with van der Waals surface area (Å²) in [5.41, 5.74) is -2.44. The van der Waals surface area contributed by atoms with Gasteiger partial charge >= 0.3 is 12.3 Å². The Morgan fingerprint density at radius 1 is 1.03 bits per heavy atom. The van der Waals surface area contributed by atoms with E-state index in [0.717, 1.165) is 44.9 Å². The Kier molecular flexibility index (Phi) is 7.27. The zero-order chi connectivity index (χ0) is 25.8. The van der Waals surface area contributed by atoms with Gasteiger partial charge in [-0.2, -0.15) is 13.2 Å². The van der Waals surface area contributed by atoms with Gasteiger partial charge in [0.2, 0.25) is 0 Å². The van der Waals surface area contributed by atoms with Crippen molar-refractivity contribution in [1.29, 1.82) is 0 Å². The molecular weight excluding hydrogens is 455 g/mol. The molecule has 0 radical (unpaired) electrons. The lowest BCUT2D eigenvalue weighted by Crippen LogP contribution is -2.59. The van der Waals surface area contributed by atoms with Gasteiger partial charge in [-0.15, -0.1) is 0 Å². The maximum atomic E-state index is 13.6. The number of nitrogens with one attached hydrogen (secondary N) is 1. The first-order chi connectivity index (χ1) is 16.3. The number of fused-ring (bicyclic) bond motifs is 5. The van der Waals surface area contributed by atoms with Gasteiger partial charge in [-0.1, -0.05) is 27.7 Å². The van der Waals surface area contributed by atoms with Crippen LogP contribution < -0.4 is 5.32 Å². The number of hydrogen-bond acceptors (Lipinski definition) is 3. The molecule has 0 bridgehead atoms. The molecule has 4 aliphatic rings. The van der Waals surface area contributed by atoms with E-state index in [2.05, 4.69) is 26.1 Å². The summed E-state index contributed by atoms with van der Waals surface area (Å²) in [4.78, 5) is 12.1. The van der Waals surface area contributed by atoms with Gasteiger partial charge in [-0.25, -0.2) is 4.79 Å². The van der Waals surface area contributed by atoms with Gasteiger partial charge in [0.1, 0.15) is 6.10 Å². The minimum Gasteiger partial charge on any atom is -0.446 e. The number of amides is 1. The molecule has 4 nitrogen and oxygen atoms in total. The van der Waals surface area contributed by atoms with Crippen molar-refractivity contribution in [3.8, 4) is 0 Å². The predicted octanol–water partition coefficient (Wildman–Crippen LogP) is 7.10. The molecule has 0 aromatic rings. The summed E-state index contributed by atoms with van der Waals surface area (Å²) < 4.78 is 46.5. The zero-order valence-corrected chi connectivity index (χ0v) is 22.2. The molecule has 4 aliphatic carbocycles. The SMILES string of the molecule is CCCNC(=O)O[C@H](C)[C@@H](C)[C@H]1CC[C@H]2[C@@H]3CC[C@@H]4C[C@@](O)(C(F)(F)F)CC[C@]4(C)[C@H]3CC[C@]12C. The van der Waals surface area contributed by atoms with Gasteiger partial charge in [-0.05, 0) is 117 Å². The smallest absolute Gasteiger partial charge is 0.417 e. The van der Waals surface area contributed by atoms with Crippen LogP contribution in [0.25, 0.3) is 0 Å². The molecule has 0 saturated heterocycles. The number of alkyl halides is 3. The molecular formula is C28H46F3NO3. The van der Waals surface area contributed by atoms with Crippen LogP contribution in [-0.2, 0) is 4.74 Å². The van der Waals surface area contributed by atoms with E-state index in [1.807, 2.05) is 13.8 Å². The van der Waals surface area contributed by atoms with Gasteiger partial charge < -0.3 is 15.2 Å². The van der Waals surface area contributed by atoms with E-state index in [1.165, 1.54) is 0 Å². The second-order valence-electron chi connectivity index (χ2n) is 13.0. The monoisotopic (exact) mass is 501 g/mol. The quantitative estimate of drug-likeness (QED) is 0.422. The number of carbonyl (C=O) groups excluding carboxylic acids is 1. The summed E-state index contributed by atoms with van der Waals surface area (Å²) in [5, 5.41) is 13.2. The van der Waals surface area contributed by atoms with E-state index in [0.29, 0.717) is 36.6 Å². The van der Waals surface area contributed by atoms with Crippen molar-refractivity contribution in [2.45, 2.75) is 117 Å². The molecule has 0 aliphatic heterocycles. The van der Waals surface area contributed by atoms with Crippen molar-refractivity contribution in [2.75, 3.05) is 6.54 Å². The molecule has 0 heterocycles. The number of halogens is 3. The summed E-state index contributed by atoms with van der Waals surface area (Å²) in [7, 11) is 0. The van der Waals surface area contributed by atoms with E-state index in [9.17, 15) is 23.1 Å². The van der Waals surface area contributed by atoms with Crippen LogP contribution in [0.1, 0.15) is 98.8 Å². The largest absolute Gasteiger partial charge is 0.446 e. The van der Waals surface area contributed by atoms with E-state index in [4.69, 9.17) is 4.74 Å². The Hall–Kier alpha value is -0.980. The average Bonchev–Trinajstić information content (AvgIpc) is 3.14. The minimum atomic E-state index is -4.54. The Labute approximate surface area is 209 Å². The topological polar surface area (TPSA) is 58.6 Å². The van der Waals surface area contributed by atoms with Gasteiger partial charge in [-0.3, -0.25) is 0 Å². The van der Waals surface area contributed by atoms with E-state index in [1.54, 1.807) is 0 Å². The number of hydrogen-bond donors (Lipinski definition) is 2. The summed E-state index contributed by atoms with van der Waals surface area (Å²) in [6.07, 6.45) is 2.22. The molecule has 0 spiro atoms. The summed E-state index contributed by atoms with van der Waals surface area (Å²) in [6.45, 7) is 11.5. The average molecular weight is 502 g/mol. The van der Waals surface area contributed by atoms with Crippen LogP contribution in [0.2, 0.25) is 0 Å². The third-order valence-corrected chi connectivity index (χ3v) is 11.5. The fraction of sp³-hybridized carbons (Fsp3) is 0.964. The first-order valence-electron chi connectivity index (χ1n) is 14.0. The summed E-state index contributed by atoms with van der Waals surface area (Å²) in [5.74, 6) is 2.26. The van der Waals surface area contributed by atoms with Gasteiger partial charge in [0.25, 0.3) is 0 Å². The number of alkyl carbamates (subject to hydrolysis) is 1. The lowest BCUT2D eigenvalue weighted by molar-refractivity contribution is -0.290. The van der Waals surface area contributed by atoms with Crippen LogP contribution in [0, 0.1) is 46.3 Å². The molecule has 10 atom stereocenters. The highest BCUT2D eigenvalue weighted by molar-refractivity contribution is 5.67. The molecule has 7 heteroatoms. The van der Waals surface area contributed by atoms with Crippen LogP contribution in [-0.4, -0.2) is 35.6 Å². The first kappa shape index (κ1) is 27.1. The molecule has 4 rings (SSSR count). The molecule has 4 saturated carbocycles. The number of rotatable bonds is 5. The van der Waals surface area contributed by atoms with Gasteiger partial charge in [0, 0.05) is 6.54 Å². The van der Waals surface area contributed by atoms with Crippen LogP contribution in [0.15, 0.2) is 0 Å². The van der Waals surface area contributed by atoms with Crippen molar-refractivity contribution in [3.05, 3.63) is 0 Å². The molecule has 0 aromatic heterocycles. The fourth-order valence-corrected chi connectivity index (χ4v) is 9.28. The highest BCUT2D eigenvalue weighted by Crippen LogP contribution is 2.69. The van der Waals surface area contributed by atoms with Crippen LogP contribution in [0.5, 0.6) is 0 Å². The maximum Gasteiger partial charge on any atom is 0.417 e. The standard InChI is InChI=1S/C28H46F3NO3/c1-6-15-32-24(33)35-18(3)17(2)21-9-10-22-20-8-7-19-16-27(34,28(29,30)31)14-13-25(19,4)23(20)11-12-26(21,22)5/h17-23,34H,6-16H2,1-5H3,(H,32,33)/t17-,18-,19-,20+,21-,22+,23+,25+,26-,27-/m1/s1. The molecule has 0 unspecified atom stereocenters. The maximum absolute atomic E-state index is 13.6. The van der Waals surface area contributed by atoms with Gasteiger partial charge in [0.05, 0.1) is 0 Å². The van der Waals surface area contributed by atoms with Crippen molar-refractivity contribution in [2.24, 2.45) is 46.3 Å². The Morgan fingerprint density at radius 3 is 2.37 bits per heavy atom. The van der Waals surface area contributed by atoms with E-state index >= 15 is 0 Å². The van der Waals surface area contributed by atoms with Crippen LogP contribution in [0.4, 0.5) is 18.0 Å².